The van der Waals surface area contributed by atoms with Gasteiger partial charge < -0.3 is 20.5 Å². The van der Waals surface area contributed by atoms with Gasteiger partial charge in [-0.15, -0.1) is 0 Å². The average molecular weight is 305 g/mol. The molecule has 3 rings (SSSR count). The van der Waals surface area contributed by atoms with Gasteiger partial charge in [-0.2, -0.15) is 5.10 Å². The van der Waals surface area contributed by atoms with Crippen LogP contribution in [0.1, 0.15) is 5.82 Å². The highest BCUT2D eigenvalue weighted by Crippen LogP contribution is 2.09. The Bertz CT molecular complexity index is 581. The topological polar surface area (TPSA) is 121 Å². The van der Waals surface area contributed by atoms with Crippen LogP contribution in [-0.4, -0.2) is 68.7 Å². The van der Waals surface area contributed by atoms with Gasteiger partial charge in [-0.05, 0) is 0 Å². The molecule has 0 aliphatic carbocycles. The van der Waals surface area contributed by atoms with E-state index >= 15 is 0 Å². The van der Waals surface area contributed by atoms with Crippen molar-refractivity contribution in [1.82, 2.24) is 35.8 Å². The Labute approximate surface area is 127 Å². The van der Waals surface area contributed by atoms with Crippen molar-refractivity contribution < 1.29 is 9.84 Å². The summed E-state index contributed by atoms with van der Waals surface area (Å²) in [4.78, 5) is 12.5. The van der Waals surface area contributed by atoms with Gasteiger partial charge in [0.15, 0.2) is 0 Å². The minimum atomic E-state index is -0.912. The highest BCUT2D eigenvalue weighted by atomic mass is 16.5. The minimum Gasteiger partial charge on any atom is -0.385 e. The molecule has 0 saturated carbocycles. The number of hydrogen-bond donors (Lipinski definition) is 4. The Hall–Kier alpha value is -1.94. The fourth-order valence-electron chi connectivity index (χ4n) is 2.21. The zero-order valence-corrected chi connectivity index (χ0v) is 12.1. The monoisotopic (exact) mass is 305 g/mol. The molecule has 1 aliphatic heterocycles. The molecule has 0 spiro atoms. The number of rotatable bonds is 5. The summed E-state index contributed by atoms with van der Waals surface area (Å²) in [7, 11) is 0. The number of ether oxygens (including phenoxy) is 1. The van der Waals surface area contributed by atoms with Gasteiger partial charge in [-0.1, -0.05) is 0 Å². The molecule has 2 aromatic rings. The molecule has 9 heteroatoms. The van der Waals surface area contributed by atoms with Crippen LogP contribution < -0.4 is 10.6 Å². The third kappa shape index (κ3) is 3.83. The van der Waals surface area contributed by atoms with Crippen molar-refractivity contribution >= 4 is 0 Å². The second-order valence-corrected chi connectivity index (χ2v) is 5.25. The Morgan fingerprint density at radius 2 is 2.36 bits per heavy atom. The van der Waals surface area contributed by atoms with E-state index in [-0.39, 0.29) is 0 Å². The lowest BCUT2D eigenvalue weighted by Gasteiger charge is -2.25. The average Bonchev–Trinajstić information content (AvgIpc) is 2.90. The van der Waals surface area contributed by atoms with Crippen molar-refractivity contribution in [1.29, 1.82) is 0 Å². The number of aromatic nitrogens is 5. The third-order valence-corrected chi connectivity index (χ3v) is 3.32. The standard InChI is InChI=1S/C13H19N7O2/c21-13(7-15-3-4-22-9-13)8-16-6-11-18-12(20-19-11)10-5-14-1-2-17-10/h1-2,5,15-16,21H,3-4,6-9H2,(H,18,19,20). The third-order valence-electron chi connectivity index (χ3n) is 3.32. The van der Waals surface area contributed by atoms with Crippen molar-refractivity contribution in [2.45, 2.75) is 12.1 Å². The quantitative estimate of drug-likeness (QED) is 0.538. The van der Waals surface area contributed by atoms with Gasteiger partial charge in [0, 0.05) is 32.0 Å². The summed E-state index contributed by atoms with van der Waals surface area (Å²) < 4.78 is 5.37. The SMILES string of the molecule is OC1(CNCc2nc(-c3cnccn3)n[nH]2)CNCCOC1. The maximum absolute atomic E-state index is 10.4. The number of nitrogens with one attached hydrogen (secondary N) is 3. The molecule has 1 aliphatic rings. The van der Waals surface area contributed by atoms with Crippen LogP contribution >= 0.6 is 0 Å². The summed E-state index contributed by atoms with van der Waals surface area (Å²) in [5.74, 6) is 1.18. The predicted octanol–water partition coefficient (Wildman–Crippen LogP) is -1.30. The second kappa shape index (κ2) is 6.88. The lowest BCUT2D eigenvalue weighted by atomic mass is 10.1. The highest BCUT2D eigenvalue weighted by Gasteiger charge is 2.28. The lowest BCUT2D eigenvalue weighted by Crippen LogP contribution is -2.50. The number of aromatic amines is 1. The maximum atomic E-state index is 10.4. The van der Waals surface area contributed by atoms with Crippen molar-refractivity contribution in [3.05, 3.63) is 24.4 Å². The first-order valence-electron chi connectivity index (χ1n) is 7.14. The lowest BCUT2D eigenvalue weighted by molar-refractivity contribution is -0.0265. The molecule has 0 radical (unpaired) electrons. The molecule has 9 nitrogen and oxygen atoms in total. The van der Waals surface area contributed by atoms with E-state index in [2.05, 4.69) is 35.8 Å². The first kappa shape index (κ1) is 15.0. The molecule has 118 valence electrons. The van der Waals surface area contributed by atoms with Crippen LogP contribution in [0.3, 0.4) is 0 Å². The molecule has 1 unspecified atom stereocenters. The molecular weight excluding hydrogens is 286 g/mol. The van der Waals surface area contributed by atoms with Crippen LogP contribution in [-0.2, 0) is 11.3 Å². The van der Waals surface area contributed by atoms with Crippen molar-refractivity contribution in [2.24, 2.45) is 0 Å². The van der Waals surface area contributed by atoms with Crippen LogP contribution in [0.4, 0.5) is 0 Å². The van der Waals surface area contributed by atoms with Crippen LogP contribution in [0, 0.1) is 0 Å². The van der Waals surface area contributed by atoms with Crippen LogP contribution in [0.25, 0.3) is 11.5 Å². The molecule has 2 aromatic heterocycles. The molecule has 1 fully saturated rings. The molecular formula is C13H19N7O2. The van der Waals surface area contributed by atoms with Gasteiger partial charge in [0.1, 0.15) is 17.1 Å². The van der Waals surface area contributed by atoms with E-state index in [4.69, 9.17) is 4.74 Å². The normalized spacial score (nSPS) is 22.4. The second-order valence-electron chi connectivity index (χ2n) is 5.25. The van der Waals surface area contributed by atoms with Crippen LogP contribution in [0.2, 0.25) is 0 Å². The van der Waals surface area contributed by atoms with E-state index in [0.29, 0.717) is 50.2 Å². The largest absolute Gasteiger partial charge is 0.385 e. The van der Waals surface area contributed by atoms with E-state index in [1.807, 2.05) is 0 Å². The van der Waals surface area contributed by atoms with Crippen LogP contribution in [0.5, 0.6) is 0 Å². The van der Waals surface area contributed by atoms with Gasteiger partial charge in [0.25, 0.3) is 0 Å². The van der Waals surface area contributed by atoms with Crippen molar-refractivity contribution in [3.63, 3.8) is 0 Å². The molecule has 0 bridgehead atoms. The summed E-state index contributed by atoms with van der Waals surface area (Å²) in [6, 6.07) is 0. The molecule has 0 amide bonds. The first-order chi connectivity index (χ1) is 10.8. The molecule has 22 heavy (non-hydrogen) atoms. The number of H-pyrrole nitrogens is 1. The van der Waals surface area contributed by atoms with Gasteiger partial charge in [0.05, 0.1) is 26.0 Å². The fourth-order valence-corrected chi connectivity index (χ4v) is 2.21. The number of β-amino-alcohol motifs (C(OH)–C–C–N with tert-alkyl or cyclic N) is 1. The molecule has 0 aromatic carbocycles. The highest BCUT2D eigenvalue weighted by molar-refractivity contribution is 5.45. The van der Waals surface area contributed by atoms with Gasteiger partial charge in [0.2, 0.25) is 5.82 Å². The maximum Gasteiger partial charge on any atom is 0.201 e. The zero-order chi connectivity index (χ0) is 15.3. The Balaban J connectivity index is 1.53. The first-order valence-corrected chi connectivity index (χ1v) is 7.14. The predicted molar refractivity (Wildman–Crippen MR) is 77.8 cm³/mol. The van der Waals surface area contributed by atoms with Gasteiger partial charge in [-0.3, -0.25) is 10.1 Å². The van der Waals surface area contributed by atoms with E-state index < -0.39 is 5.60 Å². The van der Waals surface area contributed by atoms with E-state index in [0.717, 1.165) is 6.54 Å². The number of hydrogen-bond acceptors (Lipinski definition) is 8. The smallest absolute Gasteiger partial charge is 0.201 e. The van der Waals surface area contributed by atoms with E-state index in [9.17, 15) is 5.11 Å². The Kier molecular flexibility index (Phi) is 4.68. The summed E-state index contributed by atoms with van der Waals surface area (Å²) >= 11 is 0. The fraction of sp³-hybridized carbons (Fsp3) is 0.538. The number of nitrogens with zero attached hydrogens (tertiary/aromatic N) is 4. The Morgan fingerprint density at radius 3 is 3.23 bits per heavy atom. The zero-order valence-electron chi connectivity index (χ0n) is 12.1. The summed E-state index contributed by atoms with van der Waals surface area (Å²) in [5, 5.41) is 23.7. The molecule has 4 N–H and O–H groups in total. The molecule has 3 heterocycles. The summed E-state index contributed by atoms with van der Waals surface area (Å²) in [6.07, 6.45) is 4.80. The Morgan fingerprint density at radius 1 is 1.41 bits per heavy atom. The van der Waals surface area contributed by atoms with Crippen molar-refractivity contribution in [3.8, 4) is 11.5 Å². The van der Waals surface area contributed by atoms with E-state index in [1.54, 1.807) is 18.6 Å². The van der Waals surface area contributed by atoms with Gasteiger partial charge >= 0.3 is 0 Å². The minimum absolute atomic E-state index is 0.314. The van der Waals surface area contributed by atoms with E-state index in [1.165, 1.54) is 0 Å². The number of aliphatic hydroxyl groups is 1. The summed E-state index contributed by atoms with van der Waals surface area (Å²) in [5.41, 5.74) is -0.297. The molecule has 1 atom stereocenters. The van der Waals surface area contributed by atoms with Crippen molar-refractivity contribution in [2.75, 3.05) is 32.8 Å². The van der Waals surface area contributed by atoms with Gasteiger partial charge in [-0.25, -0.2) is 9.97 Å². The van der Waals surface area contributed by atoms with Crippen LogP contribution in [0.15, 0.2) is 18.6 Å². The summed E-state index contributed by atoms with van der Waals surface area (Å²) in [6.45, 7) is 3.06. The molecule has 1 saturated heterocycles.